The molecule has 2 aromatic rings. The summed E-state index contributed by atoms with van der Waals surface area (Å²) in [5.41, 5.74) is -1.24. The van der Waals surface area contributed by atoms with Gasteiger partial charge in [0.25, 0.3) is 11.8 Å². The van der Waals surface area contributed by atoms with E-state index in [1.165, 1.54) is 12.3 Å². The van der Waals surface area contributed by atoms with E-state index in [0.29, 0.717) is 52.1 Å². The number of carbonyl (C=O) groups excluding carboxylic acids is 3. The van der Waals surface area contributed by atoms with E-state index < -0.39 is 17.3 Å². The maximum atomic E-state index is 14.0. The first-order chi connectivity index (χ1) is 15.8. The van der Waals surface area contributed by atoms with Crippen molar-refractivity contribution in [1.29, 1.82) is 0 Å². The lowest BCUT2D eigenvalue weighted by atomic mass is 9.86. The zero-order chi connectivity index (χ0) is 23.6. The van der Waals surface area contributed by atoms with Crippen LogP contribution in [-0.2, 0) is 4.79 Å². The van der Waals surface area contributed by atoms with Crippen LogP contribution >= 0.6 is 23.2 Å². The Bertz CT molecular complexity index is 1050. The van der Waals surface area contributed by atoms with Crippen LogP contribution in [0.3, 0.4) is 0 Å². The van der Waals surface area contributed by atoms with Gasteiger partial charge in [-0.1, -0.05) is 23.2 Å². The summed E-state index contributed by atoms with van der Waals surface area (Å²) >= 11 is 11.8. The van der Waals surface area contributed by atoms with Crippen molar-refractivity contribution < 1.29 is 23.2 Å². The largest absolute Gasteiger partial charge is 0.459 e. The van der Waals surface area contributed by atoms with Gasteiger partial charge in [0.05, 0.1) is 21.9 Å². The molecular formula is C22H23Cl2FN4O4. The van der Waals surface area contributed by atoms with Crippen molar-refractivity contribution in [2.75, 3.05) is 39.3 Å². The molecule has 2 aliphatic heterocycles. The lowest BCUT2D eigenvalue weighted by Gasteiger charge is -2.43. The number of carbonyl (C=O) groups is 3. The highest BCUT2D eigenvalue weighted by atomic mass is 35.5. The van der Waals surface area contributed by atoms with Gasteiger partial charge in [-0.25, -0.2) is 4.39 Å². The Balaban J connectivity index is 1.48. The third-order valence-electron chi connectivity index (χ3n) is 6.06. The predicted octanol–water partition coefficient (Wildman–Crippen LogP) is 2.56. The van der Waals surface area contributed by atoms with E-state index in [1.807, 2.05) is 0 Å². The number of rotatable bonds is 4. The lowest BCUT2D eigenvalue weighted by molar-refractivity contribution is -0.140. The molecule has 2 aliphatic rings. The van der Waals surface area contributed by atoms with Gasteiger partial charge in [-0.2, -0.15) is 0 Å². The zero-order valence-electron chi connectivity index (χ0n) is 17.7. The Morgan fingerprint density at radius 1 is 1.03 bits per heavy atom. The molecule has 8 nitrogen and oxygen atoms in total. The highest BCUT2D eigenvalue weighted by Gasteiger charge is 2.44. The summed E-state index contributed by atoms with van der Waals surface area (Å²) in [5.74, 6) is -1.61. The maximum absolute atomic E-state index is 14.0. The number of amides is 3. The SMILES string of the molecule is O=C(NC1(C(=O)N2CCN(C(=O)c3ccco3)CC2)CCNCC1)c1cc(F)c(Cl)cc1Cl. The number of nitrogens with one attached hydrogen (secondary N) is 2. The van der Waals surface area contributed by atoms with Gasteiger partial charge in [0.1, 0.15) is 11.4 Å². The first-order valence-electron chi connectivity index (χ1n) is 10.6. The number of furan rings is 1. The zero-order valence-corrected chi connectivity index (χ0v) is 19.2. The maximum Gasteiger partial charge on any atom is 0.289 e. The molecule has 2 N–H and O–H groups in total. The van der Waals surface area contributed by atoms with Gasteiger partial charge in [-0.3, -0.25) is 14.4 Å². The molecule has 2 saturated heterocycles. The molecule has 0 radical (unpaired) electrons. The van der Waals surface area contributed by atoms with E-state index in [9.17, 15) is 18.8 Å². The van der Waals surface area contributed by atoms with Crippen LogP contribution in [0.5, 0.6) is 0 Å². The monoisotopic (exact) mass is 496 g/mol. The summed E-state index contributed by atoms with van der Waals surface area (Å²) in [4.78, 5) is 42.4. The Labute approximate surface area is 200 Å². The fourth-order valence-electron chi connectivity index (χ4n) is 4.20. The van der Waals surface area contributed by atoms with Crippen LogP contribution in [0.15, 0.2) is 34.9 Å². The summed E-state index contributed by atoms with van der Waals surface area (Å²) in [5, 5.41) is 5.83. The number of hydrogen-bond donors (Lipinski definition) is 2. The van der Waals surface area contributed by atoms with Crippen molar-refractivity contribution in [1.82, 2.24) is 20.4 Å². The number of nitrogens with zero attached hydrogens (tertiary/aromatic N) is 2. The molecule has 0 spiro atoms. The van der Waals surface area contributed by atoms with Gasteiger partial charge in [0, 0.05) is 26.2 Å². The Hall–Kier alpha value is -2.62. The van der Waals surface area contributed by atoms with Gasteiger partial charge < -0.3 is 24.9 Å². The molecule has 0 unspecified atom stereocenters. The number of piperazine rings is 1. The van der Waals surface area contributed by atoms with Gasteiger partial charge in [-0.15, -0.1) is 0 Å². The fraction of sp³-hybridized carbons (Fsp3) is 0.409. The second-order valence-electron chi connectivity index (χ2n) is 8.09. The Morgan fingerprint density at radius 2 is 1.70 bits per heavy atom. The van der Waals surface area contributed by atoms with Crippen LogP contribution in [0, 0.1) is 5.82 Å². The molecule has 0 saturated carbocycles. The normalized spacial score (nSPS) is 18.2. The van der Waals surface area contributed by atoms with E-state index in [0.717, 1.165) is 6.07 Å². The van der Waals surface area contributed by atoms with E-state index in [1.54, 1.807) is 21.9 Å². The van der Waals surface area contributed by atoms with E-state index in [2.05, 4.69) is 10.6 Å². The average molecular weight is 497 g/mol. The van der Waals surface area contributed by atoms with Crippen LogP contribution < -0.4 is 10.6 Å². The molecule has 3 amide bonds. The lowest BCUT2D eigenvalue weighted by Crippen LogP contribution is -2.65. The fourth-order valence-corrected chi connectivity index (χ4v) is 4.67. The van der Waals surface area contributed by atoms with Crippen molar-refractivity contribution in [2.45, 2.75) is 18.4 Å². The highest BCUT2D eigenvalue weighted by molar-refractivity contribution is 6.36. The number of halogens is 3. The van der Waals surface area contributed by atoms with Crippen LogP contribution in [-0.4, -0.2) is 72.3 Å². The smallest absolute Gasteiger partial charge is 0.289 e. The summed E-state index contributed by atoms with van der Waals surface area (Å²) in [6.45, 7) is 2.42. The van der Waals surface area contributed by atoms with E-state index >= 15 is 0 Å². The van der Waals surface area contributed by atoms with Crippen molar-refractivity contribution in [3.05, 3.63) is 57.7 Å². The number of piperidine rings is 1. The molecule has 2 fully saturated rings. The Kier molecular flexibility index (Phi) is 6.92. The topological polar surface area (TPSA) is 94.9 Å². The van der Waals surface area contributed by atoms with E-state index in [-0.39, 0.29) is 33.2 Å². The minimum absolute atomic E-state index is 0.000450. The molecule has 1 aromatic heterocycles. The quantitative estimate of drug-likeness (QED) is 0.634. The average Bonchev–Trinajstić information content (AvgIpc) is 3.36. The standard InChI is InChI=1S/C22H23Cl2FN4O4/c23-15-13-16(24)17(25)12-14(15)19(30)27-22(3-5-26-6-4-22)21(32)29-9-7-28(8-10-29)20(31)18-2-1-11-33-18/h1-2,11-13,26H,3-10H2,(H,27,30). The van der Waals surface area contributed by atoms with Gasteiger partial charge in [-0.05, 0) is 50.2 Å². The molecule has 0 aliphatic carbocycles. The van der Waals surface area contributed by atoms with Crippen molar-refractivity contribution in [3.8, 4) is 0 Å². The summed E-state index contributed by atoms with van der Waals surface area (Å²) in [7, 11) is 0. The van der Waals surface area contributed by atoms with Crippen LogP contribution in [0.1, 0.15) is 33.8 Å². The molecular weight excluding hydrogens is 474 g/mol. The van der Waals surface area contributed by atoms with Crippen LogP contribution in [0.4, 0.5) is 4.39 Å². The molecule has 0 atom stereocenters. The molecule has 4 rings (SSSR count). The second kappa shape index (κ2) is 9.70. The first kappa shape index (κ1) is 23.5. The van der Waals surface area contributed by atoms with Gasteiger partial charge in [0.15, 0.2) is 5.76 Å². The third-order valence-corrected chi connectivity index (χ3v) is 6.66. The number of benzene rings is 1. The summed E-state index contributed by atoms with van der Waals surface area (Å²) in [6, 6.07) is 5.39. The highest BCUT2D eigenvalue weighted by Crippen LogP contribution is 2.27. The minimum atomic E-state index is -1.16. The van der Waals surface area contributed by atoms with E-state index in [4.69, 9.17) is 27.6 Å². The second-order valence-corrected chi connectivity index (χ2v) is 8.91. The van der Waals surface area contributed by atoms with Gasteiger partial charge in [0.2, 0.25) is 5.91 Å². The van der Waals surface area contributed by atoms with Gasteiger partial charge >= 0.3 is 0 Å². The van der Waals surface area contributed by atoms with Crippen LogP contribution in [0.25, 0.3) is 0 Å². The molecule has 176 valence electrons. The molecule has 0 bridgehead atoms. The van der Waals surface area contributed by atoms with Crippen molar-refractivity contribution in [2.24, 2.45) is 0 Å². The first-order valence-corrected chi connectivity index (χ1v) is 11.4. The van der Waals surface area contributed by atoms with Crippen molar-refractivity contribution >= 4 is 40.9 Å². The summed E-state index contributed by atoms with van der Waals surface area (Å²) in [6.07, 6.45) is 2.18. The third kappa shape index (κ3) is 4.85. The summed E-state index contributed by atoms with van der Waals surface area (Å²) < 4.78 is 19.1. The number of hydrogen-bond acceptors (Lipinski definition) is 5. The molecule has 11 heteroatoms. The minimum Gasteiger partial charge on any atom is -0.459 e. The van der Waals surface area contributed by atoms with Crippen molar-refractivity contribution in [3.63, 3.8) is 0 Å². The molecule has 3 heterocycles. The molecule has 33 heavy (non-hydrogen) atoms. The predicted molar refractivity (Wildman–Crippen MR) is 120 cm³/mol. The Morgan fingerprint density at radius 3 is 2.33 bits per heavy atom. The van der Waals surface area contributed by atoms with Crippen LogP contribution in [0.2, 0.25) is 10.0 Å². The molecule has 1 aromatic carbocycles.